The number of benzene rings is 1. The van der Waals surface area contributed by atoms with E-state index in [-0.39, 0.29) is 30.2 Å². The van der Waals surface area contributed by atoms with Crippen LogP contribution in [0.2, 0.25) is 0 Å². The quantitative estimate of drug-likeness (QED) is 0.690. The second kappa shape index (κ2) is 10.4. The molecule has 29 heavy (non-hydrogen) atoms. The first-order valence-electron chi connectivity index (χ1n) is 10.5. The number of para-hydroxylation sites is 1. The van der Waals surface area contributed by atoms with Gasteiger partial charge in [-0.05, 0) is 62.7 Å². The first-order valence-corrected chi connectivity index (χ1v) is 11.3. The van der Waals surface area contributed by atoms with Crippen LogP contribution in [-0.4, -0.2) is 42.0 Å². The molecule has 0 radical (unpaired) electrons. The highest BCUT2D eigenvalue weighted by molar-refractivity contribution is 7.18. The minimum absolute atomic E-state index is 0. The van der Waals surface area contributed by atoms with Gasteiger partial charge in [0, 0.05) is 19.5 Å². The molecule has 4 nitrogen and oxygen atoms in total. The molecular weight excluding hydrogens is 425 g/mol. The molecule has 2 aromatic rings. The summed E-state index contributed by atoms with van der Waals surface area (Å²) in [6.45, 7) is 8.44. The van der Waals surface area contributed by atoms with Crippen molar-refractivity contribution in [3.05, 3.63) is 29.3 Å². The average Bonchev–Trinajstić information content (AvgIpc) is 3.27. The predicted octanol–water partition coefficient (Wildman–Crippen LogP) is 4.95. The zero-order valence-corrected chi connectivity index (χ0v) is 19.8. The maximum absolute atomic E-state index is 13.7. The van der Waals surface area contributed by atoms with Crippen molar-refractivity contribution in [2.45, 2.75) is 46.0 Å². The largest absolute Gasteiger partial charge is 0.342 e. The van der Waals surface area contributed by atoms with E-state index in [0.29, 0.717) is 5.91 Å². The lowest BCUT2D eigenvalue weighted by atomic mass is 9.78. The van der Waals surface area contributed by atoms with Crippen LogP contribution < -0.4 is 5.32 Å². The summed E-state index contributed by atoms with van der Waals surface area (Å²) in [7, 11) is 0. The number of likely N-dealkylation sites (tertiary alicyclic amines) is 1. The number of carbonyl (C=O) groups is 1. The zero-order chi connectivity index (χ0) is 18.9. The summed E-state index contributed by atoms with van der Waals surface area (Å²) < 4.78 is 1.22. The number of fused-ring (bicyclic) bond motifs is 2. The lowest BCUT2D eigenvalue weighted by Crippen LogP contribution is -2.45. The Hall–Kier alpha value is -0.880. The Morgan fingerprint density at radius 3 is 2.34 bits per heavy atom. The van der Waals surface area contributed by atoms with Crippen LogP contribution in [0.1, 0.15) is 44.5 Å². The van der Waals surface area contributed by atoms with Crippen molar-refractivity contribution in [3.8, 4) is 0 Å². The minimum Gasteiger partial charge on any atom is -0.342 e. The second-order valence-electron chi connectivity index (χ2n) is 8.29. The van der Waals surface area contributed by atoms with Crippen LogP contribution in [-0.2, 0) is 11.2 Å². The van der Waals surface area contributed by atoms with Crippen LogP contribution >= 0.6 is 36.2 Å². The third-order valence-electron chi connectivity index (χ3n) is 6.94. The van der Waals surface area contributed by atoms with Gasteiger partial charge in [-0.1, -0.05) is 26.0 Å². The molecule has 0 aliphatic carbocycles. The number of nitrogens with zero attached hydrogens (tertiary/aromatic N) is 2. The Bertz CT molecular complexity index is 761. The summed E-state index contributed by atoms with van der Waals surface area (Å²) in [5, 5.41) is 4.62. The second-order valence-corrected chi connectivity index (χ2v) is 9.40. The molecule has 4 rings (SSSR count). The molecule has 2 fully saturated rings. The molecule has 1 amide bonds. The van der Waals surface area contributed by atoms with Crippen LogP contribution in [0.5, 0.6) is 0 Å². The molecule has 2 atom stereocenters. The smallest absolute Gasteiger partial charge is 0.229 e. The van der Waals surface area contributed by atoms with Crippen LogP contribution in [0.25, 0.3) is 10.2 Å². The molecule has 1 aromatic carbocycles. The summed E-state index contributed by atoms with van der Waals surface area (Å²) in [4.78, 5) is 20.7. The van der Waals surface area contributed by atoms with Gasteiger partial charge in [0.25, 0.3) is 0 Å². The van der Waals surface area contributed by atoms with Gasteiger partial charge in [-0.3, -0.25) is 4.79 Å². The third kappa shape index (κ3) is 4.90. The lowest BCUT2D eigenvalue weighted by Gasteiger charge is -2.35. The number of carbonyl (C=O) groups excluding carboxylic acids is 1. The van der Waals surface area contributed by atoms with Gasteiger partial charge in [0.2, 0.25) is 5.91 Å². The first-order chi connectivity index (χ1) is 13.1. The van der Waals surface area contributed by atoms with Crippen molar-refractivity contribution in [1.82, 2.24) is 15.2 Å². The number of thiazole rings is 1. The van der Waals surface area contributed by atoms with Gasteiger partial charge < -0.3 is 10.2 Å². The fraction of sp³-hybridized carbons (Fsp3) is 0.636. The fourth-order valence-electron chi connectivity index (χ4n) is 4.92. The van der Waals surface area contributed by atoms with Gasteiger partial charge in [0.15, 0.2) is 0 Å². The normalized spacial score (nSPS) is 21.8. The molecule has 3 heterocycles. The van der Waals surface area contributed by atoms with Gasteiger partial charge in [0.05, 0.1) is 20.6 Å². The maximum atomic E-state index is 13.7. The first kappa shape index (κ1) is 24.4. The molecule has 1 N–H and O–H groups in total. The van der Waals surface area contributed by atoms with Crippen LogP contribution in [0, 0.1) is 17.3 Å². The molecule has 0 unspecified atom stereocenters. The van der Waals surface area contributed by atoms with Crippen LogP contribution in [0.3, 0.4) is 0 Å². The van der Waals surface area contributed by atoms with Gasteiger partial charge in [0.1, 0.15) is 0 Å². The number of hydrogen-bond acceptors (Lipinski definition) is 4. The van der Waals surface area contributed by atoms with Crippen molar-refractivity contribution >= 4 is 52.3 Å². The fourth-order valence-corrected chi connectivity index (χ4v) is 6.03. The van der Waals surface area contributed by atoms with Crippen LogP contribution in [0.4, 0.5) is 0 Å². The number of nitrogens with one attached hydrogen (secondary N) is 1. The molecule has 2 aliphatic rings. The Morgan fingerprint density at radius 1 is 1.14 bits per heavy atom. The highest BCUT2D eigenvalue weighted by Crippen LogP contribution is 2.37. The number of hydrogen-bond donors (Lipinski definition) is 1. The summed E-state index contributed by atoms with van der Waals surface area (Å²) in [5.41, 5.74) is 0.743. The average molecular weight is 458 g/mol. The lowest BCUT2D eigenvalue weighted by molar-refractivity contribution is -0.142. The zero-order valence-electron chi connectivity index (χ0n) is 17.4. The van der Waals surface area contributed by atoms with Gasteiger partial charge in [-0.25, -0.2) is 4.98 Å². The van der Waals surface area contributed by atoms with E-state index in [1.54, 1.807) is 11.3 Å². The molecule has 2 aliphatic heterocycles. The third-order valence-corrected chi connectivity index (χ3v) is 7.98. The Labute approximate surface area is 190 Å². The van der Waals surface area contributed by atoms with Crippen molar-refractivity contribution < 1.29 is 4.79 Å². The molecule has 162 valence electrons. The SMILES string of the molecule is CCC(CC)(Cc1nc2ccccc2s1)C(=O)N1CC[C@@H]2CNC[C@@H]2CC1.Cl.Cl. The summed E-state index contributed by atoms with van der Waals surface area (Å²) in [6, 6.07) is 8.29. The molecule has 7 heteroatoms. The van der Waals surface area contributed by atoms with E-state index in [0.717, 1.165) is 80.6 Å². The van der Waals surface area contributed by atoms with Crippen molar-refractivity contribution in [2.24, 2.45) is 17.3 Å². The molecule has 0 bridgehead atoms. The molecule has 0 spiro atoms. The Kier molecular flexibility index (Phi) is 8.77. The van der Waals surface area contributed by atoms with Crippen LogP contribution in [0.15, 0.2) is 24.3 Å². The highest BCUT2D eigenvalue weighted by Gasteiger charge is 2.41. The van der Waals surface area contributed by atoms with Crippen molar-refractivity contribution in [3.63, 3.8) is 0 Å². The van der Waals surface area contributed by atoms with E-state index in [2.05, 4.69) is 42.3 Å². The number of rotatable bonds is 5. The standard InChI is InChI=1S/C22H31N3OS.2ClH/c1-3-22(4-2,13-20-24-18-7-5-6-8-19(18)27-20)21(26)25-11-9-16-14-23-15-17(16)10-12-25;;/h5-8,16-17,23H,3-4,9-15H2,1-2H3;2*1H/t16-,17+;;. The maximum Gasteiger partial charge on any atom is 0.229 e. The van der Waals surface area contributed by atoms with Crippen molar-refractivity contribution in [1.29, 1.82) is 0 Å². The summed E-state index contributed by atoms with van der Waals surface area (Å²) in [5.74, 6) is 1.87. The van der Waals surface area contributed by atoms with Gasteiger partial charge >= 0.3 is 0 Å². The van der Waals surface area contributed by atoms with E-state index >= 15 is 0 Å². The van der Waals surface area contributed by atoms with Crippen molar-refractivity contribution in [2.75, 3.05) is 26.2 Å². The van der Waals surface area contributed by atoms with E-state index < -0.39 is 0 Å². The van der Waals surface area contributed by atoms with E-state index in [4.69, 9.17) is 4.98 Å². The van der Waals surface area contributed by atoms with E-state index in [1.165, 1.54) is 4.70 Å². The predicted molar refractivity (Wildman–Crippen MR) is 126 cm³/mol. The molecular formula is C22H33Cl2N3OS. The number of aromatic nitrogens is 1. The summed E-state index contributed by atoms with van der Waals surface area (Å²) >= 11 is 1.75. The van der Waals surface area contributed by atoms with Gasteiger partial charge in [-0.2, -0.15) is 0 Å². The van der Waals surface area contributed by atoms with Gasteiger partial charge in [-0.15, -0.1) is 36.2 Å². The topological polar surface area (TPSA) is 45.2 Å². The number of amides is 1. The monoisotopic (exact) mass is 457 g/mol. The van der Waals surface area contributed by atoms with E-state index in [9.17, 15) is 4.79 Å². The highest BCUT2D eigenvalue weighted by atomic mass is 35.5. The molecule has 0 saturated carbocycles. The molecule has 1 aromatic heterocycles. The molecule has 2 saturated heterocycles. The van der Waals surface area contributed by atoms with E-state index in [1.807, 2.05) is 6.07 Å². The Morgan fingerprint density at radius 2 is 1.76 bits per heavy atom. The Balaban J connectivity index is 0.00000150. The minimum atomic E-state index is -0.314. The summed E-state index contributed by atoms with van der Waals surface area (Å²) in [6.07, 6.45) is 4.82. The number of halogens is 2.